The minimum Gasteiger partial charge on any atom is -0.481 e. The van der Waals surface area contributed by atoms with E-state index in [0.717, 1.165) is 31.2 Å². The average Bonchev–Trinajstić information content (AvgIpc) is 2.26. The van der Waals surface area contributed by atoms with E-state index in [0.29, 0.717) is 0 Å². The van der Waals surface area contributed by atoms with Crippen LogP contribution in [0.2, 0.25) is 0 Å². The first kappa shape index (κ1) is 5.49. The van der Waals surface area contributed by atoms with E-state index in [1.54, 1.807) is 0 Å². The Bertz CT molecular complexity index is 483. The summed E-state index contributed by atoms with van der Waals surface area (Å²) in [6.07, 6.45) is 0. The standard InChI is InChI=1S/C11H13FO2/c1-7(2)10(11(13)14)8-3-5-9(12)6-4-8/h3-7,10H,1-2H3,(H,13,14)/t10-/m0/s1/i1D3,7D,10D/t7?,10-. The Balaban J connectivity index is 3.50. The molecule has 2 nitrogen and oxygen atoms in total. The van der Waals surface area contributed by atoms with Crippen LogP contribution in [-0.4, -0.2) is 11.1 Å². The molecular weight excluding hydrogens is 183 g/mol. The second kappa shape index (κ2) is 4.22. The van der Waals surface area contributed by atoms with Gasteiger partial charge in [-0.05, 0) is 23.6 Å². The van der Waals surface area contributed by atoms with Gasteiger partial charge in [0, 0.05) is 6.85 Å². The Hall–Kier alpha value is -1.38. The van der Waals surface area contributed by atoms with Gasteiger partial charge in [-0.15, -0.1) is 0 Å². The van der Waals surface area contributed by atoms with Crippen molar-refractivity contribution in [1.29, 1.82) is 0 Å². The molecule has 0 aliphatic heterocycles. The molecule has 0 saturated carbocycles. The van der Waals surface area contributed by atoms with Crippen LogP contribution < -0.4 is 0 Å². The van der Waals surface area contributed by atoms with Crippen molar-refractivity contribution >= 4 is 5.97 Å². The van der Waals surface area contributed by atoms with Gasteiger partial charge in [-0.2, -0.15) is 0 Å². The van der Waals surface area contributed by atoms with Crippen LogP contribution in [0.1, 0.15) is 32.1 Å². The van der Waals surface area contributed by atoms with Crippen LogP contribution in [0.5, 0.6) is 0 Å². The summed E-state index contributed by atoms with van der Waals surface area (Å²) >= 11 is 0. The van der Waals surface area contributed by atoms with Gasteiger partial charge in [0.1, 0.15) is 5.82 Å². The van der Waals surface area contributed by atoms with Crippen molar-refractivity contribution in [2.45, 2.75) is 19.7 Å². The van der Waals surface area contributed by atoms with Gasteiger partial charge in [0.25, 0.3) is 0 Å². The maximum atomic E-state index is 12.8. The molecule has 2 atom stereocenters. The maximum absolute atomic E-state index is 12.8. The van der Waals surface area contributed by atoms with Crippen LogP contribution in [0.15, 0.2) is 24.3 Å². The van der Waals surface area contributed by atoms with Gasteiger partial charge in [0.15, 0.2) is 0 Å². The van der Waals surface area contributed by atoms with Gasteiger partial charge in [-0.1, -0.05) is 25.9 Å². The van der Waals surface area contributed by atoms with Crippen LogP contribution in [0.4, 0.5) is 4.39 Å². The Morgan fingerprint density at radius 1 is 1.57 bits per heavy atom. The number of carboxylic acids is 1. The quantitative estimate of drug-likeness (QED) is 0.816. The first-order chi connectivity index (χ1) is 8.44. The lowest BCUT2D eigenvalue weighted by Crippen LogP contribution is -2.17. The summed E-state index contributed by atoms with van der Waals surface area (Å²) in [6.45, 7) is -2.12. The number of carbonyl (C=O) groups is 1. The number of hydrogen-bond donors (Lipinski definition) is 1. The summed E-state index contributed by atoms with van der Waals surface area (Å²) < 4.78 is 50.4. The molecule has 0 aromatic heterocycles. The maximum Gasteiger partial charge on any atom is 0.311 e. The molecule has 0 fully saturated rings. The van der Waals surface area contributed by atoms with Crippen LogP contribution in [-0.2, 0) is 4.79 Å². The zero-order chi connectivity index (χ0) is 15.1. The molecule has 1 unspecified atom stereocenters. The number of rotatable bonds is 3. The second-order valence-electron chi connectivity index (χ2n) is 2.81. The fraction of sp³-hybridized carbons (Fsp3) is 0.364. The summed E-state index contributed by atoms with van der Waals surface area (Å²) in [6, 6.07) is 3.87. The second-order valence-corrected chi connectivity index (χ2v) is 2.81. The van der Waals surface area contributed by atoms with E-state index >= 15 is 0 Å². The Kier molecular flexibility index (Phi) is 1.65. The summed E-state index contributed by atoms with van der Waals surface area (Å²) in [7, 11) is 0. The third-order valence-electron chi connectivity index (χ3n) is 1.72. The molecule has 0 aliphatic carbocycles. The SMILES string of the molecule is [2H]C([2H])([2H])C([2H])(C)[C@]([2H])(C(=O)O)c1ccc(F)cc1. The monoisotopic (exact) mass is 201 g/mol. The first-order valence-corrected chi connectivity index (χ1v) is 3.94. The average molecular weight is 201 g/mol. The molecular formula is C11H13FO2. The van der Waals surface area contributed by atoms with E-state index in [1.165, 1.54) is 0 Å². The zero-order valence-electron chi connectivity index (χ0n) is 12.5. The first-order valence-electron chi connectivity index (χ1n) is 6.44. The van der Waals surface area contributed by atoms with Crippen molar-refractivity contribution in [3.63, 3.8) is 0 Å². The fourth-order valence-electron chi connectivity index (χ4n) is 1.12. The molecule has 1 aromatic rings. The molecule has 0 amide bonds. The molecule has 14 heavy (non-hydrogen) atoms. The molecule has 1 aromatic carbocycles. The smallest absolute Gasteiger partial charge is 0.311 e. The van der Waals surface area contributed by atoms with Crippen molar-refractivity contribution in [1.82, 2.24) is 0 Å². The number of hydrogen-bond acceptors (Lipinski definition) is 1. The molecule has 0 radical (unpaired) electrons. The van der Waals surface area contributed by atoms with Crippen LogP contribution in [0.25, 0.3) is 0 Å². The summed E-state index contributed by atoms with van der Waals surface area (Å²) in [5, 5.41) is 9.20. The Morgan fingerprint density at radius 2 is 2.14 bits per heavy atom. The molecule has 0 heterocycles. The highest BCUT2D eigenvalue weighted by molar-refractivity contribution is 5.76. The number of benzene rings is 1. The topological polar surface area (TPSA) is 37.3 Å². The predicted octanol–water partition coefficient (Wildman–Crippen LogP) is 2.65. The molecule has 0 saturated heterocycles. The molecule has 76 valence electrons. The largest absolute Gasteiger partial charge is 0.481 e. The van der Waals surface area contributed by atoms with Crippen LogP contribution in [0.3, 0.4) is 0 Å². The predicted molar refractivity (Wildman–Crippen MR) is 51.6 cm³/mol. The lowest BCUT2D eigenvalue weighted by molar-refractivity contribution is -0.139. The molecule has 3 heteroatoms. The van der Waals surface area contributed by atoms with Crippen molar-refractivity contribution < 1.29 is 21.1 Å². The van der Waals surface area contributed by atoms with E-state index < -0.39 is 30.4 Å². The fourth-order valence-corrected chi connectivity index (χ4v) is 1.12. The third kappa shape index (κ3) is 2.31. The van der Waals surface area contributed by atoms with E-state index in [4.69, 9.17) is 6.85 Å². The normalized spacial score (nSPS) is 25.4. The molecule has 0 aliphatic rings. The highest BCUT2D eigenvalue weighted by atomic mass is 19.1. The van der Waals surface area contributed by atoms with Gasteiger partial charge >= 0.3 is 5.97 Å². The van der Waals surface area contributed by atoms with Crippen LogP contribution >= 0.6 is 0 Å². The number of halogens is 1. The van der Waals surface area contributed by atoms with E-state index in [2.05, 4.69) is 0 Å². The highest BCUT2D eigenvalue weighted by Gasteiger charge is 2.23. The van der Waals surface area contributed by atoms with Crippen molar-refractivity contribution in [3.05, 3.63) is 35.6 Å². The van der Waals surface area contributed by atoms with Crippen molar-refractivity contribution in [2.75, 3.05) is 0 Å². The summed E-state index contributed by atoms with van der Waals surface area (Å²) in [5.74, 6) is -7.74. The van der Waals surface area contributed by atoms with E-state index in [1.807, 2.05) is 0 Å². The molecule has 1 rings (SSSR count). The van der Waals surface area contributed by atoms with Gasteiger partial charge in [-0.25, -0.2) is 4.39 Å². The van der Waals surface area contributed by atoms with Crippen molar-refractivity contribution in [3.8, 4) is 0 Å². The molecule has 0 spiro atoms. The van der Waals surface area contributed by atoms with E-state index in [-0.39, 0.29) is 5.56 Å². The minimum atomic E-state index is -2.98. The van der Waals surface area contributed by atoms with Gasteiger partial charge in [0.05, 0.1) is 5.89 Å². The highest BCUT2D eigenvalue weighted by Crippen LogP contribution is 2.24. The number of carboxylic acid groups (broad SMARTS) is 1. The summed E-state index contributed by atoms with van der Waals surface area (Å²) in [4.78, 5) is 11.3. The number of aliphatic carboxylic acids is 1. The van der Waals surface area contributed by atoms with E-state index in [9.17, 15) is 14.3 Å². The van der Waals surface area contributed by atoms with Gasteiger partial charge in [0.2, 0.25) is 0 Å². The van der Waals surface area contributed by atoms with Crippen LogP contribution in [0, 0.1) is 11.7 Å². The third-order valence-corrected chi connectivity index (χ3v) is 1.72. The Morgan fingerprint density at radius 3 is 2.57 bits per heavy atom. The zero-order valence-corrected chi connectivity index (χ0v) is 7.54. The lowest BCUT2D eigenvalue weighted by Gasteiger charge is -2.16. The lowest BCUT2D eigenvalue weighted by atomic mass is 9.89. The van der Waals surface area contributed by atoms with Crippen molar-refractivity contribution in [2.24, 2.45) is 5.89 Å². The summed E-state index contributed by atoms with van der Waals surface area (Å²) in [5.41, 5.74) is -0.255. The van der Waals surface area contributed by atoms with Gasteiger partial charge in [-0.3, -0.25) is 4.79 Å². The Labute approximate surface area is 89.4 Å². The molecule has 1 N–H and O–H groups in total. The minimum absolute atomic E-state index is 0.255. The van der Waals surface area contributed by atoms with Gasteiger partial charge < -0.3 is 5.11 Å². The molecule has 0 bridgehead atoms.